The van der Waals surface area contributed by atoms with Gasteiger partial charge in [-0.1, -0.05) is 44.2 Å². The number of phenols is 3. The van der Waals surface area contributed by atoms with Gasteiger partial charge in [-0.05, 0) is 29.7 Å². The van der Waals surface area contributed by atoms with Gasteiger partial charge in [-0.3, -0.25) is 9.59 Å². The summed E-state index contributed by atoms with van der Waals surface area (Å²) in [4.78, 5) is 24.3. The minimum atomic E-state index is -0.694. The number of hydrogen-bond donors (Lipinski definition) is 3. The van der Waals surface area contributed by atoms with E-state index in [2.05, 4.69) is 0 Å². The van der Waals surface area contributed by atoms with E-state index in [4.69, 9.17) is 4.74 Å². The minimum Gasteiger partial charge on any atom is -0.508 e. The molecule has 0 fully saturated rings. The summed E-state index contributed by atoms with van der Waals surface area (Å²) in [5.74, 6) is -2.09. The first-order valence-electron chi connectivity index (χ1n) is 8.66. The van der Waals surface area contributed by atoms with E-state index in [1.807, 2.05) is 13.8 Å². The number of phenolic OH excluding ortho intramolecular Hbond substituents is 3. The summed E-state index contributed by atoms with van der Waals surface area (Å²) in [6.45, 7) is 5.01. The second-order valence-corrected chi connectivity index (χ2v) is 6.52. The number of rotatable bonds is 6. The van der Waals surface area contributed by atoms with Crippen LogP contribution in [0.25, 0.3) is 12.2 Å². The Kier molecular flexibility index (Phi) is 6.60. The Labute approximate surface area is 163 Å². The van der Waals surface area contributed by atoms with Crippen LogP contribution in [-0.4, -0.2) is 27.1 Å². The van der Waals surface area contributed by atoms with Crippen LogP contribution in [0.1, 0.15) is 42.3 Å². The van der Waals surface area contributed by atoms with Crippen LogP contribution in [0.15, 0.2) is 42.5 Å². The molecule has 0 saturated carbocycles. The molecule has 0 radical (unpaired) electrons. The van der Waals surface area contributed by atoms with Gasteiger partial charge >= 0.3 is 5.97 Å². The summed E-state index contributed by atoms with van der Waals surface area (Å²) in [6, 6.07) is 7.20. The van der Waals surface area contributed by atoms with E-state index >= 15 is 0 Å². The highest BCUT2D eigenvalue weighted by molar-refractivity contribution is 6.11. The van der Waals surface area contributed by atoms with Gasteiger partial charge in [0.1, 0.15) is 22.8 Å². The van der Waals surface area contributed by atoms with Gasteiger partial charge in [0.15, 0.2) is 11.5 Å². The van der Waals surface area contributed by atoms with Crippen molar-refractivity contribution in [1.29, 1.82) is 0 Å². The number of aromatic hydroxyl groups is 3. The second kappa shape index (κ2) is 8.90. The maximum atomic E-state index is 12.7. The van der Waals surface area contributed by atoms with E-state index in [1.54, 1.807) is 18.2 Å². The number of carbonyl (C=O) groups is 2. The maximum Gasteiger partial charge on any atom is 0.308 e. The molecule has 2 aromatic carbocycles. The zero-order chi connectivity index (χ0) is 20.8. The lowest BCUT2D eigenvalue weighted by Gasteiger charge is -2.14. The van der Waals surface area contributed by atoms with Crippen molar-refractivity contribution >= 4 is 23.9 Å². The van der Waals surface area contributed by atoms with Crippen molar-refractivity contribution in [3.05, 3.63) is 59.2 Å². The van der Waals surface area contributed by atoms with E-state index in [9.17, 15) is 24.9 Å². The Bertz CT molecular complexity index is 936. The van der Waals surface area contributed by atoms with Crippen LogP contribution in [0.2, 0.25) is 0 Å². The number of ketones is 1. The zero-order valence-electron chi connectivity index (χ0n) is 15.8. The van der Waals surface area contributed by atoms with E-state index in [0.29, 0.717) is 5.56 Å². The lowest BCUT2D eigenvalue weighted by molar-refractivity contribution is -0.131. The predicted molar refractivity (Wildman–Crippen MR) is 106 cm³/mol. The lowest BCUT2D eigenvalue weighted by atomic mass is 10.00. The molecule has 28 heavy (non-hydrogen) atoms. The molecule has 2 aromatic rings. The fourth-order valence-electron chi connectivity index (χ4n) is 2.43. The normalized spacial score (nSPS) is 11.4. The molecule has 0 unspecified atom stereocenters. The number of hydrogen-bond acceptors (Lipinski definition) is 6. The Morgan fingerprint density at radius 3 is 2.21 bits per heavy atom. The van der Waals surface area contributed by atoms with Gasteiger partial charge in [-0.25, -0.2) is 0 Å². The van der Waals surface area contributed by atoms with Gasteiger partial charge < -0.3 is 20.1 Å². The second-order valence-electron chi connectivity index (χ2n) is 6.52. The van der Waals surface area contributed by atoms with E-state index in [-0.39, 0.29) is 34.3 Å². The van der Waals surface area contributed by atoms with Gasteiger partial charge in [-0.2, -0.15) is 0 Å². The third-order valence-electron chi connectivity index (χ3n) is 3.74. The fourth-order valence-corrected chi connectivity index (χ4v) is 2.43. The topological polar surface area (TPSA) is 104 Å². The summed E-state index contributed by atoms with van der Waals surface area (Å²) in [5, 5.41) is 29.7. The number of benzene rings is 2. The van der Waals surface area contributed by atoms with Gasteiger partial charge in [0.05, 0.1) is 5.56 Å². The molecule has 0 aliphatic heterocycles. The molecule has 6 heteroatoms. The third-order valence-corrected chi connectivity index (χ3v) is 3.74. The van der Waals surface area contributed by atoms with Crippen molar-refractivity contribution in [2.24, 2.45) is 5.92 Å². The highest BCUT2D eigenvalue weighted by atomic mass is 16.5. The summed E-state index contributed by atoms with van der Waals surface area (Å²) in [6.07, 6.45) is 6.01. The number of ether oxygens (including phenoxy) is 1. The molecule has 0 heterocycles. The first kappa shape index (κ1) is 20.8. The predicted octanol–water partition coefficient (Wildman–Crippen LogP) is 4.29. The van der Waals surface area contributed by atoms with Crippen LogP contribution in [0.4, 0.5) is 0 Å². The summed E-state index contributed by atoms with van der Waals surface area (Å²) in [7, 11) is 0. The van der Waals surface area contributed by atoms with Crippen molar-refractivity contribution in [2.45, 2.75) is 20.8 Å². The van der Waals surface area contributed by atoms with Crippen LogP contribution in [-0.2, 0) is 4.79 Å². The molecule has 2 rings (SSSR count). The number of esters is 1. The van der Waals surface area contributed by atoms with E-state index < -0.39 is 17.5 Å². The molecule has 0 spiro atoms. The van der Waals surface area contributed by atoms with E-state index in [0.717, 1.165) is 13.0 Å². The highest BCUT2D eigenvalue weighted by Gasteiger charge is 2.23. The van der Waals surface area contributed by atoms with Gasteiger partial charge in [0.2, 0.25) is 0 Å². The third kappa shape index (κ3) is 5.23. The van der Waals surface area contributed by atoms with Crippen LogP contribution >= 0.6 is 0 Å². The van der Waals surface area contributed by atoms with Gasteiger partial charge in [0.25, 0.3) is 0 Å². The van der Waals surface area contributed by atoms with Crippen LogP contribution < -0.4 is 4.74 Å². The van der Waals surface area contributed by atoms with Gasteiger partial charge in [-0.15, -0.1) is 0 Å². The highest BCUT2D eigenvalue weighted by Crippen LogP contribution is 2.40. The van der Waals surface area contributed by atoms with Crippen molar-refractivity contribution in [1.82, 2.24) is 0 Å². The number of allylic oxidation sites excluding steroid dienone is 2. The average molecular weight is 382 g/mol. The van der Waals surface area contributed by atoms with Crippen molar-refractivity contribution in [3.8, 4) is 23.0 Å². The first-order chi connectivity index (χ1) is 13.2. The minimum absolute atomic E-state index is 0.0957. The van der Waals surface area contributed by atoms with Crippen LogP contribution in [0.5, 0.6) is 23.0 Å². The summed E-state index contributed by atoms with van der Waals surface area (Å²) < 4.78 is 5.16. The molecule has 0 atom stereocenters. The molecule has 0 amide bonds. The summed E-state index contributed by atoms with van der Waals surface area (Å²) >= 11 is 0. The standard InChI is InChI=1S/C22H22O6/c1-13(2)4-10-17-19(26)12-20(27)21(22(17)28-14(3)23)18(25)11-7-15-5-8-16(24)9-6-15/h4-13,24,26-27H,1-3H3/b10-4+,11-7+. The SMILES string of the molecule is CC(=O)Oc1c(/C=C/C(C)C)c(O)cc(O)c1C(=O)/C=C/c1ccc(O)cc1. The quantitative estimate of drug-likeness (QED) is 0.298. The maximum absolute atomic E-state index is 12.7. The molecule has 0 bridgehead atoms. The largest absolute Gasteiger partial charge is 0.508 e. The Balaban J connectivity index is 2.54. The van der Waals surface area contributed by atoms with Crippen molar-refractivity contribution in [2.75, 3.05) is 0 Å². The molecular formula is C22H22O6. The lowest BCUT2D eigenvalue weighted by Crippen LogP contribution is -2.09. The molecule has 3 N–H and O–H groups in total. The first-order valence-corrected chi connectivity index (χ1v) is 8.66. The monoisotopic (exact) mass is 382 g/mol. The Morgan fingerprint density at radius 1 is 1.00 bits per heavy atom. The van der Waals surface area contributed by atoms with Crippen LogP contribution in [0.3, 0.4) is 0 Å². The molecule has 0 saturated heterocycles. The smallest absolute Gasteiger partial charge is 0.308 e. The van der Waals surface area contributed by atoms with Crippen LogP contribution in [0, 0.1) is 5.92 Å². The van der Waals surface area contributed by atoms with Gasteiger partial charge in [0, 0.05) is 13.0 Å². The fraction of sp³-hybridized carbons (Fsp3) is 0.182. The Hall–Kier alpha value is -3.54. The molecule has 0 aliphatic rings. The Morgan fingerprint density at radius 2 is 1.64 bits per heavy atom. The molecule has 0 aromatic heterocycles. The molecular weight excluding hydrogens is 360 g/mol. The van der Waals surface area contributed by atoms with Crippen molar-refractivity contribution in [3.63, 3.8) is 0 Å². The number of carbonyl (C=O) groups excluding carboxylic acids is 2. The summed E-state index contributed by atoms with van der Waals surface area (Å²) in [5.41, 5.74) is 0.549. The molecule has 6 nitrogen and oxygen atoms in total. The molecule has 0 aliphatic carbocycles. The van der Waals surface area contributed by atoms with E-state index in [1.165, 1.54) is 30.4 Å². The van der Waals surface area contributed by atoms with Crippen molar-refractivity contribution < 1.29 is 29.6 Å². The average Bonchev–Trinajstić information content (AvgIpc) is 2.60. The molecule has 146 valence electrons. The zero-order valence-corrected chi connectivity index (χ0v) is 15.8.